The van der Waals surface area contributed by atoms with Crippen LogP contribution in [0.2, 0.25) is 0 Å². The second-order valence-electron chi connectivity index (χ2n) is 4.95. The molecule has 5 heteroatoms. The zero-order valence-corrected chi connectivity index (χ0v) is 10.3. The first-order chi connectivity index (χ1) is 8.83. The average Bonchev–Trinajstić information content (AvgIpc) is 2.87. The van der Waals surface area contributed by atoms with E-state index in [2.05, 4.69) is 5.32 Å². The predicted octanol–water partition coefficient (Wildman–Crippen LogP) is 1.74. The summed E-state index contributed by atoms with van der Waals surface area (Å²) < 4.78 is 10.6. The van der Waals surface area contributed by atoms with Crippen LogP contribution < -0.4 is 5.32 Å². The van der Waals surface area contributed by atoms with Gasteiger partial charge in [-0.25, -0.2) is 4.79 Å². The first kappa shape index (κ1) is 11.6. The number of rotatable bonds is 4. The van der Waals surface area contributed by atoms with Gasteiger partial charge in [-0.2, -0.15) is 0 Å². The van der Waals surface area contributed by atoms with Gasteiger partial charge in [0.15, 0.2) is 0 Å². The third-order valence-corrected chi connectivity index (χ3v) is 3.41. The van der Waals surface area contributed by atoms with Gasteiger partial charge in [-0.1, -0.05) is 0 Å². The van der Waals surface area contributed by atoms with Crippen molar-refractivity contribution in [1.29, 1.82) is 0 Å². The van der Waals surface area contributed by atoms with Crippen molar-refractivity contribution in [3.63, 3.8) is 0 Å². The predicted molar refractivity (Wildman–Crippen MR) is 65.0 cm³/mol. The lowest BCUT2D eigenvalue weighted by Gasteiger charge is -2.23. The molecule has 0 radical (unpaired) electrons. The van der Waals surface area contributed by atoms with E-state index in [0.29, 0.717) is 19.2 Å². The highest BCUT2D eigenvalue weighted by Crippen LogP contribution is 2.28. The van der Waals surface area contributed by atoms with Crippen LogP contribution in [0, 0.1) is 0 Å². The van der Waals surface area contributed by atoms with Crippen molar-refractivity contribution in [3.05, 3.63) is 24.2 Å². The van der Waals surface area contributed by atoms with Crippen LogP contribution in [0.5, 0.6) is 0 Å². The number of carbonyl (C=O) groups excluding carboxylic acids is 1. The van der Waals surface area contributed by atoms with Gasteiger partial charge in [0.1, 0.15) is 5.76 Å². The maximum absolute atomic E-state index is 12.2. The van der Waals surface area contributed by atoms with E-state index in [1.54, 1.807) is 6.26 Å². The van der Waals surface area contributed by atoms with Gasteiger partial charge in [0.25, 0.3) is 0 Å². The van der Waals surface area contributed by atoms with Gasteiger partial charge in [-0.05, 0) is 31.4 Å². The van der Waals surface area contributed by atoms with E-state index in [-0.39, 0.29) is 12.1 Å². The number of hydrogen-bond acceptors (Lipinski definition) is 3. The van der Waals surface area contributed by atoms with Crippen LogP contribution in [0.25, 0.3) is 0 Å². The van der Waals surface area contributed by atoms with E-state index in [0.717, 1.165) is 31.6 Å². The van der Waals surface area contributed by atoms with Crippen LogP contribution in [-0.4, -0.2) is 36.2 Å². The van der Waals surface area contributed by atoms with Crippen molar-refractivity contribution in [2.45, 2.75) is 37.9 Å². The van der Waals surface area contributed by atoms with E-state index in [1.807, 2.05) is 17.0 Å². The highest BCUT2D eigenvalue weighted by Gasteiger charge is 2.34. The number of amides is 2. The maximum Gasteiger partial charge on any atom is 0.318 e. The van der Waals surface area contributed by atoms with E-state index in [4.69, 9.17) is 9.15 Å². The Morgan fingerprint density at radius 3 is 2.94 bits per heavy atom. The largest absolute Gasteiger partial charge is 0.467 e. The molecule has 2 heterocycles. The van der Waals surface area contributed by atoms with Gasteiger partial charge >= 0.3 is 6.03 Å². The zero-order chi connectivity index (χ0) is 12.4. The summed E-state index contributed by atoms with van der Waals surface area (Å²) in [6, 6.07) is 4.29. The molecule has 1 aromatic heterocycles. The summed E-state index contributed by atoms with van der Waals surface area (Å²) in [6.07, 6.45) is 4.73. The molecule has 1 unspecified atom stereocenters. The van der Waals surface area contributed by atoms with Crippen molar-refractivity contribution in [2.75, 3.05) is 13.2 Å². The minimum Gasteiger partial charge on any atom is -0.467 e. The minimum absolute atomic E-state index is 0.00407. The van der Waals surface area contributed by atoms with Gasteiger partial charge < -0.3 is 19.4 Å². The molecule has 3 rings (SSSR count). The second-order valence-corrected chi connectivity index (χ2v) is 4.95. The fourth-order valence-electron chi connectivity index (χ4n) is 2.23. The Hall–Kier alpha value is -1.49. The smallest absolute Gasteiger partial charge is 0.318 e. The summed E-state index contributed by atoms with van der Waals surface area (Å²) >= 11 is 0. The van der Waals surface area contributed by atoms with Crippen LogP contribution in [0.3, 0.4) is 0 Å². The van der Waals surface area contributed by atoms with Crippen molar-refractivity contribution < 1.29 is 13.9 Å². The summed E-state index contributed by atoms with van der Waals surface area (Å²) in [5.74, 6) is 0.833. The van der Waals surface area contributed by atoms with Crippen molar-refractivity contribution in [3.8, 4) is 0 Å². The first-order valence-corrected chi connectivity index (χ1v) is 6.50. The van der Waals surface area contributed by atoms with Crippen LogP contribution in [0.15, 0.2) is 22.8 Å². The van der Waals surface area contributed by atoms with Crippen molar-refractivity contribution >= 4 is 6.03 Å². The maximum atomic E-state index is 12.2. The summed E-state index contributed by atoms with van der Waals surface area (Å²) in [5.41, 5.74) is 0. The number of carbonyl (C=O) groups is 1. The number of nitrogens with one attached hydrogen (secondary N) is 1. The van der Waals surface area contributed by atoms with Crippen LogP contribution in [0.4, 0.5) is 4.79 Å². The Morgan fingerprint density at radius 1 is 1.44 bits per heavy atom. The lowest BCUT2D eigenvalue weighted by Crippen LogP contribution is -2.45. The number of furan rings is 1. The fourth-order valence-corrected chi connectivity index (χ4v) is 2.23. The molecule has 0 spiro atoms. The number of nitrogens with zero attached hydrogens (tertiary/aromatic N) is 1. The highest BCUT2D eigenvalue weighted by atomic mass is 16.5. The summed E-state index contributed by atoms with van der Waals surface area (Å²) in [6.45, 7) is 1.93. The first-order valence-electron chi connectivity index (χ1n) is 6.50. The summed E-state index contributed by atoms with van der Waals surface area (Å²) in [5, 5.41) is 3.03. The van der Waals surface area contributed by atoms with Crippen molar-refractivity contribution in [1.82, 2.24) is 10.2 Å². The molecule has 1 saturated heterocycles. The quantitative estimate of drug-likeness (QED) is 0.885. The molecule has 1 aliphatic carbocycles. The molecule has 2 aliphatic rings. The van der Waals surface area contributed by atoms with Crippen LogP contribution in [-0.2, 0) is 11.3 Å². The molecule has 2 fully saturated rings. The van der Waals surface area contributed by atoms with E-state index < -0.39 is 0 Å². The van der Waals surface area contributed by atoms with Gasteiger partial charge in [-0.3, -0.25) is 0 Å². The Balaban J connectivity index is 1.60. The molecular formula is C13H18N2O3. The monoisotopic (exact) mass is 250 g/mol. The molecule has 2 amide bonds. The Bertz CT molecular complexity index is 394. The molecule has 0 bridgehead atoms. The molecule has 1 atom stereocenters. The minimum atomic E-state index is 0.00407. The standard InChI is InChI=1S/C13H18N2O3/c16-13(14-10-5-7-17-9-10)15(11-3-4-11)8-12-2-1-6-18-12/h1-2,6,10-11H,3-5,7-9H2,(H,14,16). The highest BCUT2D eigenvalue weighted by molar-refractivity contribution is 5.75. The van der Waals surface area contributed by atoms with Crippen LogP contribution in [0.1, 0.15) is 25.0 Å². The van der Waals surface area contributed by atoms with E-state index >= 15 is 0 Å². The summed E-state index contributed by atoms with van der Waals surface area (Å²) in [4.78, 5) is 14.1. The van der Waals surface area contributed by atoms with Gasteiger partial charge in [-0.15, -0.1) is 0 Å². The topological polar surface area (TPSA) is 54.7 Å². The van der Waals surface area contributed by atoms with Gasteiger partial charge in [0.05, 0.1) is 25.5 Å². The second kappa shape index (κ2) is 5.02. The molecule has 1 aliphatic heterocycles. The molecule has 0 aromatic carbocycles. The molecule has 1 aromatic rings. The van der Waals surface area contributed by atoms with Gasteiger partial charge in [0, 0.05) is 12.6 Å². The normalized spacial score (nSPS) is 23.0. The third-order valence-electron chi connectivity index (χ3n) is 3.41. The number of urea groups is 1. The molecule has 5 nitrogen and oxygen atoms in total. The van der Waals surface area contributed by atoms with Crippen molar-refractivity contribution in [2.24, 2.45) is 0 Å². The molecule has 98 valence electrons. The molecular weight excluding hydrogens is 232 g/mol. The Kier molecular flexibility index (Phi) is 3.23. The fraction of sp³-hybridized carbons (Fsp3) is 0.615. The average molecular weight is 250 g/mol. The lowest BCUT2D eigenvalue weighted by atomic mass is 10.3. The zero-order valence-electron chi connectivity index (χ0n) is 10.3. The van der Waals surface area contributed by atoms with E-state index in [1.165, 1.54) is 0 Å². The van der Waals surface area contributed by atoms with E-state index in [9.17, 15) is 4.79 Å². The Morgan fingerprint density at radius 2 is 2.33 bits per heavy atom. The lowest BCUT2D eigenvalue weighted by molar-refractivity contribution is 0.172. The molecule has 1 saturated carbocycles. The third kappa shape index (κ3) is 2.67. The van der Waals surface area contributed by atoms with Gasteiger partial charge in [0.2, 0.25) is 0 Å². The number of hydrogen-bond donors (Lipinski definition) is 1. The SMILES string of the molecule is O=C(NC1CCOC1)N(Cc1ccco1)C1CC1. The Labute approximate surface area is 106 Å². The summed E-state index contributed by atoms with van der Waals surface area (Å²) in [7, 11) is 0. The number of ether oxygens (including phenoxy) is 1. The molecule has 18 heavy (non-hydrogen) atoms. The van der Waals surface area contributed by atoms with Crippen LogP contribution >= 0.6 is 0 Å². The molecule has 1 N–H and O–H groups in total.